The van der Waals surface area contributed by atoms with Crippen LogP contribution in [0.15, 0.2) is 48.0 Å². The molecule has 170 valence electrons. The Morgan fingerprint density at radius 2 is 1.76 bits per heavy atom. The van der Waals surface area contributed by atoms with Crippen molar-refractivity contribution in [2.24, 2.45) is 0 Å². The van der Waals surface area contributed by atoms with Gasteiger partial charge in [-0.15, -0.1) is 0 Å². The number of methoxy groups -OCH3 is 1. The fourth-order valence-corrected chi connectivity index (χ4v) is 4.53. The number of nitrogens with one attached hydrogen (secondary N) is 1. The highest BCUT2D eigenvalue weighted by Crippen LogP contribution is 2.39. The Morgan fingerprint density at radius 1 is 1.09 bits per heavy atom. The third kappa shape index (κ3) is 3.93. The molecule has 0 radical (unpaired) electrons. The molecule has 2 aromatic rings. The van der Waals surface area contributed by atoms with Gasteiger partial charge in [0.1, 0.15) is 11.3 Å². The summed E-state index contributed by atoms with van der Waals surface area (Å²) in [5.41, 5.74) is 5.65. The number of benzene rings is 2. The van der Waals surface area contributed by atoms with Gasteiger partial charge in [0.05, 0.1) is 18.3 Å². The summed E-state index contributed by atoms with van der Waals surface area (Å²) in [4.78, 5) is 29.7. The number of fused-ring (bicyclic) bond motifs is 1. The molecule has 0 bridgehead atoms. The smallest absolute Gasteiger partial charge is 0.270 e. The number of amides is 2. The maximum Gasteiger partial charge on any atom is 0.270 e. The quantitative estimate of drug-likeness (QED) is 0.415. The first-order valence-electron chi connectivity index (χ1n) is 10.7. The number of allylic oxidation sites excluding steroid dienone is 1. The Labute approximate surface area is 199 Å². The summed E-state index contributed by atoms with van der Waals surface area (Å²) >= 11 is 5.30. The van der Waals surface area contributed by atoms with E-state index < -0.39 is 11.8 Å². The van der Waals surface area contributed by atoms with E-state index in [1.54, 1.807) is 37.5 Å². The van der Waals surface area contributed by atoms with Gasteiger partial charge in [0, 0.05) is 18.3 Å². The van der Waals surface area contributed by atoms with Crippen molar-refractivity contribution in [2.75, 3.05) is 24.0 Å². The average molecular weight is 462 g/mol. The predicted molar refractivity (Wildman–Crippen MR) is 137 cm³/mol. The van der Waals surface area contributed by atoms with Crippen molar-refractivity contribution in [1.82, 2.24) is 5.32 Å². The summed E-state index contributed by atoms with van der Waals surface area (Å²) in [5.74, 6) is -0.302. The van der Waals surface area contributed by atoms with Gasteiger partial charge in [-0.25, -0.2) is 0 Å². The lowest BCUT2D eigenvalue weighted by Crippen LogP contribution is -2.54. The molecule has 6 nitrogen and oxygen atoms in total. The predicted octanol–water partition coefficient (Wildman–Crippen LogP) is 4.47. The Morgan fingerprint density at radius 3 is 2.39 bits per heavy atom. The highest BCUT2D eigenvalue weighted by Gasteiger charge is 2.35. The van der Waals surface area contributed by atoms with E-state index in [2.05, 4.69) is 50.2 Å². The molecule has 0 spiro atoms. The molecule has 0 unspecified atom stereocenters. The molecular weight excluding hydrogens is 434 g/mol. The van der Waals surface area contributed by atoms with Crippen molar-refractivity contribution in [3.8, 4) is 5.75 Å². The molecule has 2 aliphatic rings. The van der Waals surface area contributed by atoms with Crippen LogP contribution in [0.5, 0.6) is 5.75 Å². The number of thiocarbonyl (C=S) groups is 1. The van der Waals surface area contributed by atoms with Gasteiger partial charge in [-0.2, -0.15) is 0 Å². The van der Waals surface area contributed by atoms with Crippen LogP contribution in [0, 0.1) is 6.92 Å². The second-order valence-electron chi connectivity index (χ2n) is 8.92. The molecule has 1 saturated heterocycles. The van der Waals surface area contributed by atoms with E-state index >= 15 is 0 Å². The summed E-state index contributed by atoms with van der Waals surface area (Å²) in [7, 11) is 3.65. The lowest BCUT2D eigenvalue weighted by molar-refractivity contribution is -0.122. The number of carbonyl (C=O) groups is 2. The van der Waals surface area contributed by atoms with Crippen LogP contribution in [0.25, 0.3) is 11.6 Å². The monoisotopic (exact) mass is 461 g/mol. The van der Waals surface area contributed by atoms with Crippen molar-refractivity contribution in [1.29, 1.82) is 0 Å². The van der Waals surface area contributed by atoms with Crippen molar-refractivity contribution >= 4 is 52.2 Å². The Bertz CT molecular complexity index is 1240. The number of rotatable bonds is 3. The van der Waals surface area contributed by atoms with E-state index in [-0.39, 0.29) is 16.2 Å². The lowest BCUT2D eigenvalue weighted by Gasteiger charge is -2.41. The van der Waals surface area contributed by atoms with Gasteiger partial charge < -0.3 is 9.64 Å². The van der Waals surface area contributed by atoms with Crippen LogP contribution in [-0.4, -0.2) is 36.6 Å². The van der Waals surface area contributed by atoms with E-state index in [4.69, 9.17) is 17.0 Å². The normalized spacial score (nSPS) is 18.8. The second kappa shape index (κ2) is 8.15. The maximum absolute atomic E-state index is 13.4. The summed E-state index contributed by atoms with van der Waals surface area (Å²) in [5, 5.41) is 2.70. The van der Waals surface area contributed by atoms with E-state index in [0.717, 1.165) is 28.0 Å². The molecule has 0 aliphatic carbocycles. The van der Waals surface area contributed by atoms with Crippen molar-refractivity contribution in [3.63, 3.8) is 0 Å². The number of nitrogens with zero attached hydrogens (tertiary/aromatic N) is 2. The number of hydrogen-bond donors (Lipinski definition) is 1. The van der Waals surface area contributed by atoms with Gasteiger partial charge in [0.15, 0.2) is 5.11 Å². The van der Waals surface area contributed by atoms with Gasteiger partial charge in [0.2, 0.25) is 0 Å². The summed E-state index contributed by atoms with van der Waals surface area (Å²) < 4.78 is 5.19. The molecule has 7 heteroatoms. The third-order valence-electron chi connectivity index (χ3n) is 6.34. The molecule has 2 heterocycles. The molecule has 2 amide bonds. The van der Waals surface area contributed by atoms with E-state index in [1.807, 2.05) is 13.0 Å². The molecule has 2 aliphatic heterocycles. The molecule has 0 saturated carbocycles. The van der Waals surface area contributed by atoms with E-state index in [9.17, 15) is 9.59 Å². The molecule has 0 aromatic heterocycles. The third-order valence-corrected chi connectivity index (χ3v) is 6.62. The van der Waals surface area contributed by atoms with Gasteiger partial charge in [-0.3, -0.25) is 19.8 Å². The Balaban J connectivity index is 1.76. The Kier molecular flexibility index (Phi) is 5.62. The minimum atomic E-state index is -0.502. The van der Waals surface area contributed by atoms with E-state index in [1.165, 1.54) is 4.90 Å². The average Bonchev–Trinajstić information content (AvgIpc) is 2.75. The van der Waals surface area contributed by atoms with E-state index in [0.29, 0.717) is 11.4 Å². The molecular formula is C26H27N3O3S. The maximum atomic E-state index is 13.4. The zero-order valence-corrected chi connectivity index (χ0v) is 20.5. The van der Waals surface area contributed by atoms with Crippen molar-refractivity contribution in [2.45, 2.75) is 33.2 Å². The van der Waals surface area contributed by atoms with Gasteiger partial charge in [0.25, 0.3) is 11.8 Å². The number of aryl methyl sites for hydroxylation is 1. The molecule has 2 aromatic carbocycles. The zero-order valence-electron chi connectivity index (χ0n) is 19.6. The fraction of sp³-hybridized carbons (Fsp3) is 0.269. The van der Waals surface area contributed by atoms with Crippen LogP contribution < -0.4 is 19.9 Å². The van der Waals surface area contributed by atoms with Crippen molar-refractivity contribution in [3.05, 3.63) is 64.7 Å². The Hall–Kier alpha value is -3.45. The number of likely N-dealkylation sites (N-methyl/N-ethyl adjacent to an activating group) is 1. The zero-order chi connectivity index (χ0) is 24.1. The first-order chi connectivity index (χ1) is 15.5. The minimum Gasteiger partial charge on any atom is -0.497 e. The summed E-state index contributed by atoms with van der Waals surface area (Å²) in [6.45, 7) is 8.42. The highest BCUT2D eigenvalue weighted by molar-refractivity contribution is 7.80. The van der Waals surface area contributed by atoms with Crippen LogP contribution in [0.3, 0.4) is 0 Å². The second-order valence-corrected chi connectivity index (χ2v) is 9.31. The molecule has 1 N–H and O–H groups in total. The SMILES string of the molecule is COc1ccc(N2C(=O)/C(=C\c3cc4c(cc3C)N(C)C(C)(C)C=C4C)C(=O)NC2=S)cc1. The molecule has 1 fully saturated rings. The number of ether oxygens (including phenoxy) is 1. The van der Waals surface area contributed by atoms with Gasteiger partial charge in [-0.1, -0.05) is 6.08 Å². The number of hydrogen-bond acceptors (Lipinski definition) is 5. The molecule has 33 heavy (non-hydrogen) atoms. The first kappa shape index (κ1) is 22.7. The molecule has 0 atom stereocenters. The first-order valence-corrected chi connectivity index (χ1v) is 11.1. The van der Waals surface area contributed by atoms with Crippen LogP contribution in [0.1, 0.15) is 37.5 Å². The summed E-state index contributed by atoms with van der Waals surface area (Å²) in [6, 6.07) is 11.1. The number of anilines is 2. The molecule has 4 rings (SSSR count). The lowest BCUT2D eigenvalue weighted by atomic mass is 9.87. The van der Waals surface area contributed by atoms with Gasteiger partial charge >= 0.3 is 0 Å². The van der Waals surface area contributed by atoms with Gasteiger partial charge in [-0.05, 0) is 99.1 Å². The van der Waals surface area contributed by atoms with Crippen molar-refractivity contribution < 1.29 is 14.3 Å². The standard InChI is InChI=1S/C26H27N3O3S/c1-15-11-22-20(16(2)14-26(3,4)28(22)5)12-17(15)13-21-23(30)27-25(33)29(24(21)31)18-7-9-19(32-6)10-8-18/h7-14H,1-6H3,(H,27,30,33)/b21-13-. The van der Waals surface area contributed by atoms with Crippen LogP contribution in [0.4, 0.5) is 11.4 Å². The van der Waals surface area contributed by atoms with Crippen LogP contribution in [-0.2, 0) is 9.59 Å². The van der Waals surface area contributed by atoms with Crippen LogP contribution in [0.2, 0.25) is 0 Å². The summed E-state index contributed by atoms with van der Waals surface area (Å²) in [6.07, 6.45) is 3.88. The minimum absolute atomic E-state index is 0.0357. The highest BCUT2D eigenvalue weighted by atomic mass is 32.1. The van der Waals surface area contributed by atoms with Crippen LogP contribution >= 0.6 is 12.2 Å². The topological polar surface area (TPSA) is 61.9 Å². The fourth-order valence-electron chi connectivity index (χ4n) is 4.25. The largest absolute Gasteiger partial charge is 0.497 e. The number of carbonyl (C=O) groups excluding carboxylic acids is 2.